The van der Waals surface area contributed by atoms with Gasteiger partial charge in [-0.15, -0.1) is 0 Å². The molecule has 2 aliphatic rings. The van der Waals surface area contributed by atoms with E-state index in [1.165, 1.54) is 12.5 Å². The third kappa shape index (κ3) is 2.62. The standard InChI is InChI=1S/C10H10O3S2/c14-9(5-1-3-7-11-9)13-10(15)6-2-4-8-12-10/h1-8,14-15H. The van der Waals surface area contributed by atoms with Crippen LogP contribution in [0.1, 0.15) is 0 Å². The Bertz CT molecular complexity index is 328. The summed E-state index contributed by atoms with van der Waals surface area (Å²) in [6.45, 7) is 0. The first kappa shape index (κ1) is 10.7. The van der Waals surface area contributed by atoms with Crippen molar-refractivity contribution in [3.05, 3.63) is 49.0 Å². The van der Waals surface area contributed by atoms with Crippen molar-refractivity contribution in [1.29, 1.82) is 0 Å². The van der Waals surface area contributed by atoms with Gasteiger partial charge in [-0.05, 0) is 24.3 Å². The molecule has 15 heavy (non-hydrogen) atoms. The van der Waals surface area contributed by atoms with E-state index in [0.717, 1.165) is 0 Å². The van der Waals surface area contributed by atoms with Crippen LogP contribution in [-0.4, -0.2) is 10.2 Å². The van der Waals surface area contributed by atoms with Crippen LogP contribution in [0, 0.1) is 0 Å². The lowest BCUT2D eigenvalue weighted by Crippen LogP contribution is -2.38. The van der Waals surface area contributed by atoms with Gasteiger partial charge in [0.1, 0.15) is 0 Å². The SMILES string of the molecule is SC1(OC2(S)C=CC=CO2)C=CC=CO1. The van der Waals surface area contributed by atoms with Crippen molar-refractivity contribution < 1.29 is 14.2 Å². The van der Waals surface area contributed by atoms with Crippen molar-refractivity contribution in [2.75, 3.05) is 0 Å². The zero-order chi connectivity index (χ0) is 10.8. The summed E-state index contributed by atoms with van der Waals surface area (Å²) in [5, 5.41) is -2.32. The zero-order valence-corrected chi connectivity index (χ0v) is 9.53. The number of hydrogen-bond acceptors (Lipinski definition) is 5. The van der Waals surface area contributed by atoms with E-state index in [4.69, 9.17) is 14.2 Å². The molecule has 0 N–H and O–H groups in total. The molecule has 2 aliphatic heterocycles. The molecule has 0 radical (unpaired) electrons. The Balaban J connectivity index is 2.08. The summed E-state index contributed by atoms with van der Waals surface area (Å²) < 4.78 is 16.0. The van der Waals surface area contributed by atoms with Crippen LogP contribution >= 0.6 is 25.3 Å². The van der Waals surface area contributed by atoms with Crippen LogP contribution in [0.3, 0.4) is 0 Å². The van der Waals surface area contributed by atoms with Crippen molar-refractivity contribution in [2.24, 2.45) is 0 Å². The van der Waals surface area contributed by atoms with Crippen molar-refractivity contribution in [1.82, 2.24) is 0 Å². The average Bonchev–Trinajstić information content (AvgIpc) is 2.18. The van der Waals surface area contributed by atoms with Crippen LogP contribution in [0.5, 0.6) is 0 Å². The van der Waals surface area contributed by atoms with Gasteiger partial charge in [-0.1, -0.05) is 37.4 Å². The number of hydrogen-bond donors (Lipinski definition) is 2. The summed E-state index contributed by atoms with van der Waals surface area (Å²) in [6, 6.07) is 0. The van der Waals surface area contributed by atoms with E-state index >= 15 is 0 Å². The van der Waals surface area contributed by atoms with Gasteiger partial charge < -0.3 is 9.47 Å². The molecule has 0 spiro atoms. The first-order chi connectivity index (χ1) is 7.12. The van der Waals surface area contributed by atoms with Gasteiger partial charge in [0.05, 0.1) is 12.5 Å². The summed E-state index contributed by atoms with van der Waals surface area (Å²) in [5.74, 6) is 0. The molecule has 0 aliphatic carbocycles. The lowest BCUT2D eigenvalue weighted by Gasteiger charge is -2.35. The molecule has 0 aromatic rings. The molecule has 2 atom stereocenters. The minimum absolute atomic E-state index is 1.16. The van der Waals surface area contributed by atoms with Crippen LogP contribution in [-0.2, 0) is 14.2 Å². The Morgan fingerprint density at radius 3 is 1.60 bits per heavy atom. The molecule has 80 valence electrons. The van der Waals surface area contributed by atoms with E-state index in [9.17, 15) is 0 Å². The average molecular weight is 242 g/mol. The predicted molar refractivity (Wildman–Crippen MR) is 63.2 cm³/mol. The van der Waals surface area contributed by atoms with E-state index in [2.05, 4.69) is 25.3 Å². The maximum atomic E-state index is 5.52. The Morgan fingerprint density at radius 1 is 0.800 bits per heavy atom. The summed E-state index contributed by atoms with van der Waals surface area (Å²) in [6.07, 6.45) is 13.3. The minimum Gasteiger partial charge on any atom is -0.457 e. The van der Waals surface area contributed by atoms with Gasteiger partial charge in [-0.2, -0.15) is 0 Å². The number of thiol groups is 2. The van der Waals surface area contributed by atoms with E-state index in [1.807, 2.05) is 0 Å². The van der Waals surface area contributed by atoms with Crippen LogP contribution in [0.25, 0.3) is 0 Å². The van der Waals surface area contributed by atoms with Crippen LogP contribution in [0.4, 0.5) is 0 Å². The Labute approximate surface area is 98.9 Å². The molecular weight excluding hydrogens is 232 g/mol. The Hall–Kier alpha value is -0.780. The van der Waals surface area contributed by atoms with Crippen LogP contribution in [0.15, 0.2) is 49.0 Å². The van der Waals surface area contributed by atoms with Gasteiger partial charge in [0.25, 0.3) is 10.2 Å². The molecule has 2 unspecified atom stereocenters. The zero-order valence-electron chi connectivity index (χ0n) is 7.74. The van der Waals surface area contributed by atoms with E-state index in [-0.39, 0.29) is 0 Å². The first-order valence-corrected chi connectivity index (χ1v) is 5.21. The maximum absolute atomic E-state index is 5.52. The largest absolute Gasteiger partial charge is 0.457 e. The highest BCUT2D eigenvalue weighted by atomic mass is 32.1. The van der Waals surface area contributed by atoms with Crippen LogP contribution in [0.2, 0.25) is 0 Å². The Morgan fingerprint density at radius 2 is 1.27 bits per heavy atom. The molecule has 2 rings (SSSR count). The molecule has 0 fully saturated rings. The summed E-state index contributed by atoms with van der Waals surface area (Å²) in [5.41, 5.74) is 0. The molecule has 3 nitrogen and oxygen atoms in total. The molecule has 0 aromatic carbocycles. The minimum atomic E-state index is -1.16. The molecule has 0 aromatic heterocycles. The fourth-order valence-corrected chi connectivity index (χ4v) is 1.76. The van der Waals surface area contributed by atoms with Crippen molar-refractivity contribution in [3.63, 3.8) is 0 Å². The fraction of sp³-hybridized carbons (Fsp3) is 0.200. The molecule has 0 saturated carbocycles. The summed E-state index contributed by atoms with van der Waals surface area (Å²) in [7, 11) is 0. The number of allylic oxidation sites excluding steroid dienone is 4. The second-order valence-corrected chi connectivity index (χ2v) is 4.22. The number of ether oxygens (including phenoxy) is 3. The predicted octanol–water partition coefficient (Wildman–Crippen LogP) is 2.37. The second kappa shape index (κ2) is 4.00. The summed E-state index contributed by atoms with van der Waals surface area (Å²) in [4.78, 5) is 0. The fourth-order valence-electron chi connectivity index (χ4n) is 1.12. The third-order valence-electron chi connectivity index (χ3n) is 1.76. The van der Waals surface area contributed by atoms with Gasteiger partial charge in [0.2, 0.25) is 0 Å². The van der Waals surface area contributed by atoms with E-state index in [0.29, 0.717) is 0 Å². The highest BCUT2D eigenvalue weighted by Crippen LogP contribution is 2.34. The quantitative estimate of drug-likeness (QED) is 0.575. The van der Waals surface area contributed by atoms with E-state index < -0.39 is 10.2 Å². The topological polar surface area (TPSA) is 27.7 Å². The smallest absolute Gasteiger partial charge is 0.281 e. The van der Waals surface area contributed by atoms with Gasteiger partial charge in [-0.25, -0.2) is 0 Å². The van der Waals surface area contributed by atoms with Gasteiger partial charge >= 0.3 is 0 Å². The van der Waals surface area contributed by atoms with Crippen molar-refractivity contribution in [2.45, 2.75) is 10.2 Å². The normalized spacial score (nSPS) is 37.5. The second-order valence-electron chi connectivity index (χ2n) is 2.97. The molecular formula is C10H10O3S2. The molecule has 0 amide bonds. The number of rotatable bonds is 2. The summed E-state index contributed by atoms with van der Waals surface area (Å²) >= 11 is 8.49. The third-order valence-corrected chi connectivity index (χ3v) is 2.45. The lowest BCUT2D eigenvalue weighted by atomic mass is 10.4. The molecule has 0 saturated heterocycles. The highest BCUT2D eigenvalue weighted by molar-refractivity contribution is 7.82. The molecule has 2 heterocycles. The van der Waals surface area contributed by atoms with E-state index in [1.54, 1.807) is 36.5 Å². The first-order valence-electron chi connectivity index (χ1n) is 4.31. The molecule has 5 heteroatoms. The van der Waals surface area contributed by atoms with Gasteiger partial charge in [0, 0.05) is 0 Å². The monoisotopic (exact) mass is 242 g/mol. The van der Waals surface area contributed by atoms with Crippen LogP contribution < -0.4 is 0 Å². The highest BCUT2D eigenvalue weighted by Gasteiger charge is 2.38. The van der Waals surface area contributed by atoms with Gasteiger partial charge in [0.15, 0.2) is 0 Å². The van der Waals surface area contributed by atoms with Crippen molar-refractivity contribution >= 4 is 25.3 Å². The maximum Gasteiger partial charge on any atom is 0.281 e. The molecule has 0 bridgehead atoms. The van der Waals surface area contributed by atoms with Gasteiger partial charge in [-0.3, -0.25) is 4.74 Å². The lowest BCUT2D eigenvalue weighted by molar-refractivity contribution is -0.209. The Kier molecular flexibility index (Phi) is 2.86. The van der Waals surface area contributed by atoms with Crippen molar-refractivity contribution in [3.8, 4) is 0 Å².